The van der Waals surface area contributed by atoms with Crippen molar-refractivity contribution in [3.05, 3.63) is 90.8 Å². The van der Waals surface area contributed by atoms with Crippen LogP contribution < -0.4 is 4.74 Å². The largest absolute Gasteiger partial charge is 0.423 e. The Hall–Kier alpha value is -3.53. The summed E-state index contributed by atoms with van der Waals surface area (Å²) in [6, 6.07) is 22.6. The lowest BCUT2D eigenvalue weighted by atomic mass is 10.1. The van der Waals surface area contributed by atoms with Crippen molar-refractivity contribution < 1.29 is 9.53 Å². The molecule has 4 nitrogen and oxygen atoms in total. The summed E-state index contributed by atoms with van der Waals surface area (Å²) in [7, 11) is 0. The Morgan fingerprint density at radius 2 is 1.56 bits per heavy atom. The van der Waals surface area contributed by atoms with E-state index in [1.807, 2.05) is 54.6 Å². The van der Waals surface area contributed by atoms with Gasteiger partial charge in [-0.05, 0) is 47.2 Å². The second kappa shape index (κ2) is 6.53. The number of aromatic nitrogens is 2. The number of ether oxygens (including phenoxy) is 1. The average Bonchev–Trinajstić information content (AvgIpc) is 2.69. The second-order valence-corrected chi connectivity index (χ2v) is 5.55. The Bertz CT molecular complexity index is 1030. The SMILES string of the molecule is O=C(Oc1ccc2ccccc2c1)c1ccc(-c2ccccn2)nc1. The van der Waals surface area contributed by atoms with Gasteiger partial charge in [0, 0.05) is 12.4 Å². The minimum Gasteiger partial charge on any atom is -0.423 e. The van der Waals surface area contributed by atoms with E-state index in [9.17, 15) is 4.79 Å². The lowest BCUT2D eigenvalue weighted by Gasteiger charge is -2.06. The van der Waals surface area contributed by atoms with Gasteiger partial charge in [0.2, 0.25) is 0 Å². The molecular formula is C21H14N2O2. The first-order valence-electron chi connectivity index (χ1n) is 7.88. The van der Waals surface area contributed by atoms with Gasteiger partial charge in [-0.3, -0.25) is 9.97 Å². The first-order valence-corrected chi connectivity index (χ1v) is 7.88. The van der Waals surface area contributed by atoms with Crippen molar-refractivity contribution in [2.45, 2.75) is 0 Å². The van der Waals surface area contributed by atoms with Crippen molar-refractivity contribution in [3.63, 3.8) is 0 Å². The highest BCUT2D eigenvalue weighted by Crippen LogP contribution is 2.21. The van der Waals surface area contributed by atoms with Crippen LogP contribution in [0.2, 0.25) is 0 Å². The van der Waals surface area contributed by atoms with E-state index in [1.54, 1.807) is 24.4 Å². The van der Waals surface area contributed by atoms with Crippen LogP contribution in [0.25, 0.3) is 22.2 Å². The molecule has 0 saturated carbocycles. The highest BCUT2D eigenvalue weighted by atomic mass is 16.5. The number of hydrogen-bond acceptors (Lipinski definition) is 4. The normalized spacial score (nSPS) is 10.6. The van der Waals surface area contributed by atoms with E-state index in [1.165, 1.54) is 6.20 Å². The molecule has 4 aromatic rings. The van der Waals surface area contributed by atoms with E-state index >= 15 is 0 Å². The molecule has 0 atom stereocenters. The molecule has 0 N–H and O–H groups in total. The lowest BCUT2D eigenvalue weighted by Crippen LogP contribution is -2.08. The predicted octanol–water partition coefficient (Wildman–Crippen LogP) is 4.52. The fraction of sp³-hybridized carbons (Fsp3) is 0. The van der Waals surface area contributed by atoms with Crippen molar-refractivity contribution in [2.24, 2.45) is 0 Å². The molecule has 2 aromatic heterocycles. The smallest absolute Gasteiger partial charge is 0.345 e. The summed E-state index contributed by atoms with van der Waals surface area (Å²) in [5, 5.41) is 2.13. The van der Waals surface area contributed by atoms with Gasteiger partial charge in [0.15, 0.2) is 0 Å². The molecule has 0 aliphatic carbocycles. The third-order valence-corrected chi connectivity index (χ3v) is 3.86. The number of fused-ring (bicyclic) bond motifs is 1. The van der Waals surface area contributed by atoms with Crippen LogP contribution in [0, 0.1) is 0 Å². The summed E-state index contributed by atoms with van der Waals surface area (Å²) in [6.45, 7) is 0. The van der Waals surface area contributed by atoms with Gasteiger partial charge in [-0.1, -0.05) is 36.4 Å². The Balaban J connectivity index is 1.54. The number of rotatable bonds is 3. The molecule has 0 aliphatic rings. The van der Waals surface area contributed by atoms with Crippen molar-refractivity contribution in [3.8, 4) is 17.1 Å². The maximum absolute atomic E-state index is 12.3. The Morgan fingerprint density at radius 1 is 0.760 bits per heavy atom. The number of hydrogen-bond donors (Lipinski definition) is 0. The zero-order valence-corrected chi connectivity index (χ0v) is 13.3. The Morgan fingerprint density at radius 3 is 2.32 bits per heavy atom. The molecule has 0 saturated heterocycles. The van der Waals surface area contributed by atoms with E-state index in [0.717, 1.165) is 16.5 Å². The minimum absolute atomic E-state index is 0.396. The molecule has 0 unspecified atom stereocenters. The molecule has 2 heterocycles. The molecule has 4 heteroatoms. The van der Waals surface area contributed by atoms with Crippen molar-refractivity contribution in [1.29, 1.82) is 0 Å². The maximum atomic E-state index is 12.3. The molecule has 0 bridgehead atoms. The molecule has 120 valence electrons. The number of nitrogens with zero attached hydrogens (tertiary/aromatic N) is 2. The van der Waals surface area contributed by atoms with E-state index in [2.05, 4.69) is 9.97 Å². The topological polar surface area (TPSA) is 52.1 Å². The fourth-order valence-corrected chi connectivity index (χ4v) is 2.58. The van der Waals surface area contributed by atoms with Gasteiger partial charge in [0.1, 0.15) is 5.75 Å². The van der Waals surface area contributed by atoms with Gasteiger partial charge in [-0.25, -0.2) is 4.79 Å². The number of esters is 1. The summed E-state index contributed by atoms with van der Waals surface area (Å²) < 4.78 is 5.46. The standard InChI is InChI=1S/C21H14N2O2/c24-21(25-18-10-8-15-5-1-2-6-16(15)13-18)17-9-11-20(23-14-17)19-7-3-4-12-22-19/h1-14H. The van der Waals surface area contributed by atoms with Gasteiger partial charge in [-0.2, -0.15) is 0 Å². The first-order chi connectivity index (χ1) is 12.3. The Labute approximate surface area is 144 Å². The molecule has 0 radical (unpaired) electrons. The van der Waals surface area contributed by atoms with Crippen molar-refractivity contribution >= 4 is 16.7 Å². The third-order valence-electron chi connectivity index (χ3n) is 3.86. The van der Waals surface area contributed by atoms with Gasteiger partial charge >= 0.3 is 5.97 Å². The molecule has 0 amide bonds. The van der Waals surface area contributed by atoms with E-state index in [4.69, 9.17) is 4.74 Å². The number of carbonyl (C=O) groups is 1. The highest BCUT2D eigenvalue weighted by Gasteiger charge is 2.10. The van der Waals surface area contributed by atoms with Gasteiger partial charge in [0.05, 0.1) is 17.0 Å². The van der Waals surface area contributed by atoms with Gasteiger partial charge < -0.3 is 4.74 Å². The van der Waals surface area contributed by atoms with Crippen LogP contribution in [0.5, 0.6) is 5.75 Å². The van der Waals surface area contributed by atoms with Crippen LogP contribution in [0.3, 0.4) is 0 Å². The van der Waals surface area contributed by atoms with E-state index in [0.29, 0.717) is 17.0 Å². The number of pyridine rings is 2. The fourth-order valence-electron chi connectivity index (χ4n) is 2.58. The van der Waals surface area contributed by atoms with E-state index in [-0.39, 0.29) is 0 Å². The monoisotopic (exact) mass is 326 g/mol. The predicted molar refractivity (Wildman–Crippen MR) is 96.4 cm³/mol. The van der Waals surface area contributed by atoms with Crippen LogP contribution in [-0.2, 0) is 0 Å². The summed E-state index contributed by atoms with van der Waals surface area (Å²) in [4.78, 5) is 20.9. The summed E-state index contributed by atoms with van der Waals surface area (Å²) in [6.07, 6.45) is 3.21. The van der Waals surface area contributed by atoms with Crippen LogP contribution >= 0.6 is 0 Å². The quantitative estimate of drug-likeness (QED) is 0.410. The number of benzene rings is 2. The van der Waals surface area contributed by atoms with Crippen LogP contribution in [0.4, 0.5) is 0 Å². The zero-order chi connectivity index (χ0) is 17.1. The van der Waals surface area contributed by atoms with Crippen molar-refractivity contribution in [1.82, 2.24) is 9.97 Å². The minimum atomic E-state index is -0.435. The van der Waals surface area contributed by atoms with Gasteiger partial charge in [0.25, 0.3) is 0 Å². The average molecular weight is 326 g/mol. The first kappa shape index (κ1) is 15.0. The lowest BCUT2D eigenvalue weighted by molar-refractivity contribution is 0.0734. The molecular weight excluding hydrogens is 312 g/mol. The zero-order valence-electron chi connectivity index (χ0n) is 13.3. The molecule has 4 rings (SSSR count). The van der Waals surface area contributed by atoms with Crippen LogP contribution in [0.1, 0.15) is 10.4 Å². The van der Waals surface area contributed by atoms with Crippen molar-refractivity contribution in [2.75, 3.05) is 0 Å². The second-order valence-electron chi connectivity index (χ2n) is 5.55. The van der Waals surface area contributed by atoms with Gasteiger partial charge in [-0.15, -0.1) is 0 Å². The summed E-state index contributed by atoms with van der Waals surface area (Å²) >= 11 is 0. The third kappa shape index (κ3) is 3.23. The Kier molecular flexibility index (Phi) is 3.92. The molecule has 25 heavy (non-hydrogen) atoms. The molecule has 0 spiro atoms. The van der Waals surface area contributed by atoms with Crippen LogP contribution in [0.15, 0.2) is 85.2 Å². The highest BCUT2D eigenvalue weighted by molar-refractivity contribution is 5.92. The summed E-state index contributed by atoms with van der Waals surface area (Å²) in [5.41, 5.74) is 1.87. The molecule has 0 fully saturated rings. The van der Waals surface area contributed by atoms with Crippen LogP contribution in [-0.4, -0.2) is 15.9 Å². The van der Waals surface area contributed by atoms with E-state index < -0.39 is 5.97 Å². The number of carbonyl (C=O) groups excluding carboxylic acids is 1. The molecule has 0 aliphatic heterocycles. The maximum Gasteiger partial charge on any atom is 0.345 e. The molecule has 2 aromatic carbocycles. The summed E-state index contributed by atoms with van der Waals surface area (Å²) in [5.74, 6) is 0.0767.